The number of rotatable bonds is 3. The molecule has 3 nitrogen and oxygen atoms in total. The minimum Gasteiger partial charge on any atom is -0.312 e. The van der Waals surface area contributed by atoms with Crippen molar-refractivity contribution in [1.82, 2.24) is 5.32 Å². The van der Waals surface area contributed by atoms with Gasteiger partial charge in [-0.15, -0.1) is 0 Å². The molecule has 1 rings (SSSR count). The maximum atomic E-state index is 7.41. The van der Waals surface area contributed by atoms with Gasteiger partial charge in [0.1, 0.15) is 0 Å². The molecule has 1 aromatic carbocycles. The average Bonchev–Trinajstić information content (AvgIpc) is 2.17. The van der Waals surface area contributed by atoms with E-state index < -0.39 is 0 Å². The van der Waals surface area contributed by atoms with Crippen LogP contribution in [0.3, 0.4) is 0 Å². The van der Waals surface area contributed by atoms with Gasteiger partial charge in [0.15, 0.2) is 0 Å². The van der Waals surface area contributed by atoms with E-state index in [4.69, 9.17) is 11.1 Å². The number of hydrogen-bond acceptors (Lipinski definition) is 3. The van der Waals surface area contributed by atoms with E-state index in [1.807, 2.05) is 31.3 Å². The molecule has 0 saturated heterocycles. The van der Waals surface area contributed by atoms with E-state index in [1.165, 1.54) is 0 Å². The van der Waals surface area contributed by atoms with E-state index in [0.717, 1.165) is 11.1 Å². The second kappa shape index (κ2) is 4.16. The van der Waals surface area contributed by atoms with E-state index in [-0.39, 0.29) is 6.17 Å². The first-order valence-electron chi connectivity index (χ1n) is 4.23. The van der Waals surface area contributed by atoms with Crippen LogP contribution in [-0.4, -0.2) is 12.8 Å². The monoisotopic (exact) mass is 177 g/mol. The van der Waals surface area contributed by atoms with Gasteiger partial charge in [0, 0.05) is 5.71 Å². The molecule has 0 aromatic heterocycles. The Morgan fingerprint density at radius 1 is 1.38 bits per heavy atom. The van der Waals surface area contributed by atoms with Crippen LogP contribution in [-0.2, 0) is 0 Å². The topological polar surface area (TPSA) is 61.9 Å². The standard InChI is InChI=1S/C10H15N3/c1-7(11)8-3-5-9(6-4-8)10(12)13-2/h3-6,10-11,13H,12H2,1-2H3. The van der Waals surface area contributed by atoms with Gasteiger partial charge in [0.25, 0.3) is 0 Å². The summed E-state index contributed by atoms with van der Waals surface area (Å²) in [5, 5.41) is 10.4. The minimum atomic E-state index is -0.125. The van der Waals surface area contributed by atoms with E-state index in [9.17, 15) is 0 Å². The molecule has 0 saturated carbocycles. The molecular formula is C10H15N3. The Morgan fingerprint density at radius 3 is 2.31 bits per heavy atom. The van der Waals surface area contributed by atoms with Crippen LogP contribution in [0.15, 0.2) is 24.3 Å². The lowest BCUT2D eigenvalue weighted by atomic mass is 10.1. The fourth-order valence-corrected chi connectivity index (χ4v) is 1.11. The molecule has 70 valence electrons. The van der Waals surface area contributed by atoms with E-state index in [0.29, 0.717) is 5.71 Å². The molecule has 0 spiro atoms. The van der Waals surface area contributed by atoms with Crippen molar-refractivity contribution in [2.45, 2.75) is 13.1 Å². The zero-order valence-electron chi connectivity index (χ0n) is 7.96. The van der Waals surface area contributed by atoms with Crippen LogP contribution < -0.4 is 11.1 Å². The Balaban J connectivity index is 2.87. The van der Waals surface area contributed by atoms with E-state index in [1.54, 1.807) is 6.92 Å². The van der Waals surface area contributed by atoms with Crippen LogP contribution in [0.4, 0.5) is 0 Å². The van der Waals surface area contributed by atoms with Gasteiger partial charge in [-0.25, -0.2) is 0 Å². The molecular weight excluding hydrogens is 162 g/mol. The van der Waals surface area contributed by atoms with Crippen LogP contribution in [0.5, 0.6) is 0 Å². The van der Waals surface area contributed by atoms with E-state index >= 15 is 0 Å². The summed E-state index contributed by atoms with van der Waals surface area (Å²) in [6.45, 7) is 1.77. The van der Waals surface area contributed by atoms with Gasteiger partial charge in [-0.3, -0.25) is 0 Å². The Kier molecular flexibility index (Phi) is 3.17. The molecule has 0 bridgehead atoms. The second-order valence-electron chi connectivity index (χ2n) is 3.01. The van der Waals surface area contributed by atoms with Gasteiger partial charge in [0.05, 0.1) is 6.17 Å². The van der Waals surface area contributed by atoms with Crippen molar-refractivity contribution in [3.8, 4) is 0 Å². The molecule has 0 aliphatic carbocycles. The van der Waals surface area contributed by atoms with Gasteiger partial charge in [-0.2, -0.15) is 0 Å². The summed E-state index contributed by atoms with van der Waals surface area (Å²) in [5.74, 6) is 0. The van der Waals surface area contributed by atoms with Gasteiger partial charge in [-0.1, -0.05) is 24.3 Å². The smallest absolute Gasteiger partial charge is 0.0807 e. The lowest BCUT2D eigenvalue weighted by Gasteiger charge is -2.10. The van der Waals surface area contributed by atoms with Crippen LogP contribution in [0.2, 0.25) is 0 Å². The predicted molar refractivity (Wildman–Crippen MR) is 54.9 cm³/mol. The fourth-order valence-electron chi connectivity index (χ4n) is 1.11. The summed E-state index contributed by atoms with van der Waals surface area (Å²) in [6, 6.07) is 7.70. The zero-order valence-corrected chi connectivity index (χ0v) is 7.96. The Labute approximate surface area is 78.5 Å². The third-order valence-corrected chi connectivity index (χ3v) is 2.01. The number of nitrogens with two attached hydrogens (primary N) is 1. The lowest BCUT2D eigenvalue weighted by Crippen LogP contribution is -2.24. The predicted octanol–water partition coefficient (Wildman–Crippen LogP) is 1.25. The summed E-state index contributed by atoms with van der Waals surface area (Å²) in [4.78, 5) is 0. The Morgan fingerprint density at radius 2 is 1.92 bits per heavy atom. The Hall–Kier alpha value is -1.19. The van der Waals surface area contributed by atoms with Crippen molar-refractivity contribution in [2.24, 2.45) is 5.73 Å². The highest BCUT2D eigenvalue weighted by Gasteiger charge is 2.02. The van der Waals surface area contributed by atoms with Crippen LogP contribution in [0.1, 0.15) is 24.2 Å². The molecule has 0 aliphatic rings. The number of nitrogens with one attached hydrogen (secondary N) is 2. The number of benzene rings is 1. The number of hydrogen-bond donors (Lipinski definition) is 3. The summed E-state index contributed by atoms with van der Waals surface area (Å²) in [5.41, 5.74) is 8.30. The van der Waals surface area contributed by atoms with Crippen molar-refractivity contribution >= 4 is 5.71 Å². The molecule has 1 atom stereocenters. The van der Waals surface area contributed by atoms with Gasteiger partial charge >= 0.3 is 0 Å². The summed E-state index contributed by atoms with van der Waals surface area (Å²) in [6.07, 6.45) is -0.125. The molecule has 0 fully saturated rings. The second-order valence-corrected chi connectivity index (χ2v) is 3.01. The van der Waals surface area contributed by atoms with E-state index in [2.05, 4.69) is 5.32 Å². The molecule has 0 amide bonds. The maximum Gasteiger partial charge on any atom is 0.0807 e. The van der Waals surface area contributed by atoms with Gasteiger partial charge in [-0.05, 0) is 25.1 Å². The largest absolute Gasteiger partial charge is 0.312 e. The SMILES string of the molecule is CNC(N)c1ccc(C(C)=N)cc1. The first kappa shape index (κ1) is 9.89. The molecule has 13 heavy (non-hydrogen) atoms. The zero-order chi connectivity index (χ0) is 9.84. The molecule has 0 aliphatic heterocycles. The summed E-state index contributed by atoms with van der Waals surface area (Å²) in [7, 11) is 1.82. The van der Waals surface area contributed by atoms with Gasteiger partial charge in [0.2, 0.25) is 0 Å². The first-order valence-corrected chi connectivity index (χ1v) is 4.23. The minimum absolute atomic E-state index is 0.125. The fraction of sp³-hybridized carbons (Fsp3) is 0.300. The Bertz CT molecular complexity index is 290. The molecule has 1 aromatic rings. The van der Waals surface area contributed by atoms with Crippen LogP contribution >= 0.6 is 0 Å². The third-order valence-electron chi connectivity index (χ3n) is 2.01. The summed E-state index contributed by atoms with van der Waals surface area (Å²) < 4.78 is 0. The van der Waals surface area contributed by atoms with Crippen molar-refractivity contribution < 1.29 is 0 Å². The highest BCUT2D eigenvalue weighted by atomic mass is 15.0. The quantitative estimate of drug-likeness (QED) is 0.480. The molecule has 0 radical (unpaired) electrons. The van der Waals surface area contributed by atoms with Crippen molar-refractivity contribution in [2.75, 3.05) is 7.05 Å². The lowest BCUT2D eigenvalue weighted by molar-refractivity contribution is 0.622. The highest BCUT2D eigenvalue weighted by Crippen LogP contribution is 2.09. The molecule has 0 heterocycles. The molecule has 1 unspecified atom stereocenters. The van der Waals surface area contributed by atoms with Crippen molar-refractivity contribution in [3.05, 3.63) is 35.4 Å². The van der Waals surface area contributed by atoms with Crippen molar-refractivity contribution in [3.63, 3.8) is 0 Å². The first-order chi connectivity index (χ1) is 6.15. The highest BCUT2D eigenvalue weighted by molar-refractivity contribution is 5.96. The molecule has 3 heteroatoms. The van der Waals surface area contributed by atoms with Crippen molar-refractivity contribution in [1.29, 1.82) is 5.41 Å². The summed E-state index contributed by atoms with van der Waals surface area (Å²) >= 11 is 0. The molecule has 4 N–H and O–H groups in total. The van der Waals surface area contributed by atoms with Crippen LogP contribution in [0.25, 0.3) is 0 Å². The normalized spacial score (nSPS) is 12.5. The van der Waals surface area contributed by atoms with Crippen LogP contribution in [0, 0.1) is 5.41 Å². The maximum absolute atomic E-state index is 7.41. The van der Waals surface area contributed by atoms with Gasteiger partial charge < -0.3 is 16.5 Å². The third kappa shape index (κ3) is 2.37. The average molecular weight is 177 g/mol.